The van der Waals surface area contributed by atoms with Crippen LogP contribution in [0, 0.1) is 5.92 Å². The van der Waals surface area contributed by atoms with Gasteiger partial charge in [-0.3, -0.25) is 0 Å². The van der Waals surface area contributed by atoms with Gasteiger partial charge in [0.2, 0.25) is 0 Å². The molecule has 0 bridgehead atoms. The molecule has 2 rings (SSSR count). The normalized spacial score (nSPS) is 12.8. The lowest BCUT2D eigenvalue weighted by Crippen LogP contribution is -2.05. The second-order valence-corrected chi connectivity index (χ2v) is 5.02. The van der Waals surface area contributed by atoms with Crippen molar-refractivity contribution < 1.29 is 4.74 Å². The minimum Gasteiger partial charge on any atom is -0.493 e. The maximum Gasteiger partial charge on any atom is 0.128 e. The third-order valence-corrected chi connectivity index (χ3v) is 3.44. The highest BCUT2D eigenvalue weighted by Gasteiger charge is 2.08. The first kappa shape index (κ1) is 13.0. The molecule has 0 N–H and O–H groups in total. The summed E-state index contributed by atoms with van der Waals surface area (Å²) in [6.45, 7) is 8.54. The Morgan fingerprint density at radius 3 is 2.78 bits per heavy atom. The number of ether oxygens (including phenoxy) is 1. The van der Waals surface area contributed by atoms with Crippen molar-refractivity contribution in [2.75, 3.05) is 6.61 Å². The molecule has 0 aliphatic rings. The summed E-state index contributed by atoms with van der Waals surface area (Å²) in [4.78, 5) is 0. The van der Waals surface area contributed by atoms with Gasteiger partial charge >= 0.3 is 0 Å². The summed E-state index contributed by atoms with van der Waals surface area (Å²) < 4.78 is 8.14. The second-order valence-electron chi connectivity index (χ2n) is 5.02. The number of fused-ring (bicyclic) bond motifs is 1. The quantitative estimate of drug-likeness (QED) is 0.732. The largest absolute Gasteiger partial charge is 0.493 e. The molecule has 2 aromatic rings. The van der Waals surface area contributed by atoms with Crippen LogP contribution in [0.5, 0.6) is 5.75 Å². The SMILES string of the molecule is CCCOc1cccc2c1ccn2CC(C)CC. The first-order valence-electron chi connectivity index (χ1n) is 6.96. The molecule has 1 heterocycles. The van der Waals surface area contributed by atoms with Crippen molar-refractivity contribution >= 4 is 10.9 Å². The van der Waals surface area contributed by atoms with Crippen molar-refractivity contribution in [3.63, 3.8) is 0 Å². The summed E-state index contributed by atoms with van der Waals surface area (Å²) in [5, 5.41) is 1.23. The van der Waals surface area contributed by atoms with Gasteiger partial charge in [0.1, 0.15) is 5.75 Å². The van der Waals surface area contributed by atoms with E-state index in [9.17, 15) is 0 Å². The Kier molecular flexibility index (Phi) is 4.29. The van der Waals surface area contributed by atoms with Gasteiger partial charge in [0.05, 0.1) is 12.1 Å². The lowest BCUT2D eigenvalue weighted by Gasteiger charge is -2.12. The summed E-state index contributed by atoms with van der Waals surface area (Å²) in [5.74, 6) is 1.72. The standard InChI is InChI=1S/C16H23NO/c1-4-11-18-16-8-6-7-15-14(16)9-10-17(15)12-13(3)5-2/h6-10,13H,4-5,11-12H2,1-3H3. The van der Waals surface area contributed by atoms with E-state index in [4.69, 9.17) is 4.74 Å². The Morgan fingerprint density at radius 2 is 2.06 bits per heavy atom. The van der Waals surface area contributed by atoms with Crippen LogP contribution in [0.2, 0.25) is 0 Å². The van der Waals surface area contributed by atoms with Crippen molar-refractivity contribution in [2.24, 2.45) is 5.92 Å². The zero-order chi connectivity index (χ0) is 13.0. The summed E-state index contributed by atoms with van der Waals surface area (Å²) in [6, 6.07) is 8.49. The summed E-state index contributed by atoms with van der Waals surface area (Å²) >= 11 is 0. The predicted octanol–water partition coefficient (Wildman–Crippen LogP) is 4.48. The second kappa shape index (κ2) is 5.94. The number of hydrogen-bond donors (Lipinski definition) is 0. The minimum absolute atomic E-state index is 0.709. The van der Waals surface area contributed by atoms with Crippen LogP contribution in [0.25, 0.3) is 10.9 Å². The molecule has 18 heavy (non-hydrogen) atoms. The fraction of sp³-hybridized carbons (Fsp3) is 0.500. The van der Waals surface area contributed by atoms with E-state index in [1.54, 1.807) is 0 Å². The average molecular weight is 245 g/mol. The highest BCUT2D eigenvalue weighted by Crippen LogP contribution is 2.27. The van der Waals surface area contributed by atoms with Crippen molar-refractivity contribution in [1.82, 2.24) is 4.57 Å². The van der Waals surface area contributed by atoms with Gasteiger partial charge in [-0.2, -0.15) is 0 Å². The molecule has 98 valence electrons. The lowest BCUT2D eigenvalue weighted by atomic mass is 10.1. The number of benzene rings is 1. The molecule has 0 amide bonds. The maximum absolute atomic E-state index is 5.80. The lowest BCUT2D eigenvalue weighted by molar-refractivity contribution is 0.321. The molecule has 0 aliphatic heterocycles. The molecule has 2 nitrogen and oxygen atoms in total. The molecule has 0 spiro atoms. The van der Waals surface area contributed by atoms with E-state index in [-0.39, 0.29) is 0 Å². The fourth-order valence-corrected chi connectivity index (χ4v) is 2.16. The Balaban J connectivity index is 2.29. The van der Waals surface area contributed by atoms with Gasteiger partial charge in [-0.15, -0.1) is 0 Å². The van der Waals surface area contributed by atoms with E-state index < -0.39 is 0 Å². The smallest absolute Gasteiger partial charge is 0.128 e. The van der Waals surface area contributed by atoms with Gasteiger partial charge in [0.25, 0.3) is 0 Å². The molecule has 0 aliphatic carbocycles. The van der Waals surface area contributed by atoms with Crippen molar-refractivity contribution in [1.29, 1.82) is 0 Å². The number of aromatic nitrogens is 1. The van der Waals surface area contributed by atoms with Crippen LogP contribution in [0.15, 0.2) is 30.5 Å². The van der Waals surface area contributed by atoms with E-state index in [1.807, 2.05) is 0 Å². The van der Waals surface area contributed by atoms with E-state index >= 15 is 0 Å². The zero-order valence-corrected chi connectivity index (χ0v) is 11.6. The fourth-order valence-electron chi connectivity index (χ4n) is 2.16. The van der Waals surface area contributed by atoms with Crippen LogP contribution >= 0.6 is 0 Å². The van der Waals surface area contributed by atoms with E-state index in [0.717, 1.165) is 25.3 Å². The van der Waals surface area contributed by atoms with Crippen LogP contribution in [-0.4, -0.2) is 11.2 Å². The highest BCUT2D eigenvalue weighted by atomic mass is 16.5. The van der Waals surface area contributed by atoms with E-state index in [1.165, 1.54) is 17.3 Å². The molecule has 1 aromatic heterocycles. The van der Waals surface area contributed by atoms with Crippen molar-refractivity contribution in [2.45, 2.75) is 40.2 Å². The van der Waals surface area contributed by atoms with Crippen LogP contribution < -0.4 is 4.74 Å². The molecule has 0 radical (unpaired) electrons. The zero-order valence-electron chi connectivity index (χ0n) is 11.6. The van der Waals surface area contributed by atoms with Crippen molar-refractivity contribution in [3.05, 3.63) is 30.5 Å². The molecule has 0 saturated carbocycles. The van der Waals surface area contributed by atoms with Gasteiger partial charge in [-0.1, -0.05) is 33.3 Å². The van der Waals surface area contributed by atoms with Gasteiger partial charge in [-0.25, -0.2) is 0 Å². The molecule has 1 aromatic carbocycles. The van der Waals surface area contributed by atoms with E-state index in [2.05, 4.69) is 55.8 Å². The first-order chi connectivity index (χ1) is 8.76. The van der Waals surface area contributed by atoms with Gasteiger partial charge in [0, 0.05) is 18.1 Å². The average Bonchev–Trinajstić information content (AvgIpc) is 2.80. The van der Waals surface area contributed by atoms with Gasteiger partial charge < -0.3 is 9.30 Å². The highest BCUT2D eigenvalue weighted by molar-refractivity contribution is 5.86. The Bertz CT molecular complexity index is 501. The minimum atomic E-state index is 0.709. The van der Waals surface area contributed by atoms with Crippen LogP contribution in [0.3, 0.4) is 0 Å². The Labute approximate surface area is 110 Å². The van der Waals surface area contributed by atoms with Crippen LogP contribution in [-0.2, 0) is 6.54 Å². The third-order valence-electron chi connectivity index (χ3n) is 3.44. The van der Waals surface area contributed by atoms with Crippen LogP contribution in [0.1, 0.15) is 33.6 Å². The van der Waals surface area contributed by atoms with Crippen molar-refractivity contribution in [3.8, 4) is 5.75 Å². The molecular weight excluding hydrogens is 222 g/mol. The topological polar surface area (TPSA) is 14.2 Å². The maximum atomic E-state index is 5.80. The third kappa shape index (κ3) is 2.69. The van der Waals surface area contributed by atoms with Gasteiger partial charge in [-0.05, 0) is 30.5 Å². The molecule has 0 fully saturated rings. The molecule has 0 saturated heterocycles. The molecule has 1 unspecified atom stereocenters. The Morgan fingerprint density at radius 1 is 1.22 bits per heavy atom. The number of hydrogen-bond acceptors (Lipinski definition) is 1. The molecule has 1 atom stereocenters. The summed E-state index contributed by atoms with van der Waals surface area (Å²) in [5.41, 5.74) is 1.28. The molecule has 2 heteroatoms. The first-order valence-corrected chi connectivity index (χ1v) is 6.96. The van der Waals surface area contributed by atoms with Crippen LogP contribution in [0.4, 0.5) is 0 Å². The number of nitrogens with zero attached hydrogens (tertiary/aromatic N) is 1. The summed E-state index contributed by atoms with van der Waals surface area (Å²) in [7, 11) is 0. The van der Waals surface area contributed by atoms with Gasteiger partial charge in [0.15, 0.2) is 0 Å². The predicted molar refractivity (Wildman–Crippen MR) is 77.2 cm³/mol. The molecular formula is C16H23NO. The summed E-state index contributed by atoms with van der Waals surface area (Å²) in [6.07, 6.45) is 4.44. The van der Waals surface area contributed by atoms with E-state index in [0.29, 0.717) is 5.92 Å². The monoisotopic (exact) mass is 245 g/mol. The Hall–Kier alpha value is -1.44. The number of rotatable bonds is 6.